The Balaban J connectivity index is 1.33. The quantitative estimate of drug-likeness (QED) is 0.153. The molecule has 0 unspecified atom stereocenters. The van der Waals surface area contributed by atoms with E-state index < -0.39 is 47.5 Å². The molecule has 9 nitrogen and oxygen atoms in total. The minimum absolute atomic E-state index is 0.0850. The van der Waals surface area contributed by atoms with E-state index in [9.17, 15) is 29.1 Å². The van der Waals surface area contributed by atoms with E-state index in [1.165, 1.54) is 11.3 Å². The van der Waals surface area contributed by atoms with Crippen LogP contribution in [0.3, 0.4) is 0 Å². The average molecular weight is 757 g/mol. The fourth-order valence-electron chi connectivity index (χ4n) is 6.80. The fraction of sp³-hybridized carbons (Fsp3) is 0.267. The predicted octanol–water partition coefficient (Wildman–Crippen LogP) is 6.67. The summed E-state index contributed by atoms with van der Waals surface area (Å²) in [6, 6.07) is 35.6. The molecule has 0 fully saturated rings. The van der Waals surface area contributed by atoms with Gasteiger partial charge in [0, 0.05) is 30.1 Å². The second kappa shape index (κ2) is 18.9. The van der Waals surface area contributed by atoms with E-state index in [0.717, 1.165) is 27.1 Å². The number of carbonyl (C=O) groups excluding carboxylic acids is 4. The summed E-state index contributed by atoms with van der Waals surface area (Å²) in [6.07, 6.45) is 0.763. The molecule has 0 saturated heterocycles. The first kappa shape index (κ1) is 38.8. The van der Waals surface area contributed by atoms with Crippen molar-refractivity contribution >= 4 is 40.7 Å². The third kappa shape index (κ3) is 11.3. The number of amides is 2. The van der Waals surface area contributed by atoms with Gasteiger partial charge in [-0.05, 0) is 77.1 Å². The molecular formula is C45H44N2O7S. The van der Waals surface area contributed by atoms with Crippen molar-refractivity contribution in [1.29, 1.82) is 0 Å². The van der Waals surface area contributed by atoms with Crippen LogP contribution in [-0.4, -0.2) is 53.1 Å². The molecule has 3 heterocycles. The molecule has 2 aliphatic heterocycles. The standard InChI is InChI=1S/C45H44N2O7S/c48-37-26-35(27-39-12-7-23-55-39)43(50)47-41(25-32-13-18-34(19-14-32)33-10-5-2-6-11-33)44(51)46-40(22-17-30-8-3-1-4-9-30)42(49)28-36(45(52)53)24-31-15-20-38(21-16-31)54-29-37/h1-16,18-21,23,35-36,40-41H,17,22,24-29H2,(H,46,51)(H,47,50)(H,52,53)/t35-,36+,40-,41+/m1/s1. The minimum Gasteiger partial charge on any atom is -0.486 e. The molecule has 3 N–H and O–H groups in total. The lowest BCUT2D eigenvalue weighted by molar-refractivity contribution is -0.144. The van der Waals surface area contributed by atoms with E-state index in [-0.39, 0.29) is 44.5 Å². The molecule has 0 saturated carbocycles. The van der Waals surface area contributed by atoms with E-state index >= 15 is 0 Å². The third-order valence-electron chi connectivity index (χ3n) is 9.88. The summed E-state index contributed by atoms with van der Waals surface area (Å²) in [5, 5.41) is 17.9. The first-order valence-corrected chi connectivity index (χ1v) is 19.4. The molecule has 2 bridgehead atoms. The van der Waals surface area contributed by atoms with Gasteiger partial charge in [-0.2, -0.15) is 0 Å². The van der Waals surface area contributed by atoms with E-state index in [2.05, 4.69) is 10.6 Å². The lowest BCUT2D eigenvalue weighted by atomic mass is 9.90. The van der Waals surface area contributed by atoms with Crippen molar-refractivity contribution in [3.05, 3.63) is 148 Å². The Morgan fingerprint density at radius 2 is 1.35 bits per heavy atom. The van der Waals surface area contributed by atoms with Crippen molar-refractivity contribution < 1.29 is 33.8 Å². The monoisotopic (exact) mass is 756 g/mol. The largest absolute Gasteiger partial charge is 0.486 e. The number of fused-ring (bicyclic) bond motifs is 16. The molecule has 0 radical (unpaired) electrons. The number of carboxylic acids is 1. The number of hydrogen-bond acceptors (Lipinski definition) is 7. The summed E-state index contributed by atoms with van der Waals surface area (Å²) in [5.41, 5.74) is 4.45. The molecule has 1 aromatic heterocycles. The van der Waals surface area contributed by atoms with Crippen LogP contribution in [0.25, 0.3) is 11.1 Å². The van der Waals surface area contributed by atoms with Gasteiger partial charge in [0.25, 0.3) is 0 Å². The number of Topliss-reactive ketones (excluding diaryl/α,β-unsaturated/α-hetero) is 2. The van der Waals surface area contributed by atoms with Gasteiger partial charge in [-0.3, -0.25) is 24.0 Å². The lowest BCUT2D eigenvalue weighted by Gasteiger charge is -2.26. The van der Waals surface area contributed by atoms with Crippen LogP contribution in [0.2, 0.25) is 0 Å². The number of aryl methyl sites for hydroxylation is 1. The van der Waals surface area contributed by atoms with Crippen molar-refractivity contribution in [3.8, 4) is 16.9 Å². The van der Waals surface area contributed by atoms with Crippen LogP contribution < -0.4 is 15.4 Å². The highest BCUT2D eigenvalue weighted by Gasteiger charge is 2.32. The molecule has 0 spiro atoms. The zero-order valence-corrected chi connectivity index (χ0v) is 31.2. The smallest absolute Gasteiger partial charge is 0.307 e. The third-order valence-corrected chi connectivity index (χ3v) is 10.8. The summed E-state index contributed by atoms with van der Waals surface area (Å²) in [6.45, 7) is -0.263. The Bertz CT molecular complexity index is 2050. The second-order valence-corrected chi connectivity index (χ2v) is 15.0. The number of aliphatic carboxylic acids is 1. The molecule has 282 valence electrons. The Morgan fingerprint density at radius 1 is 0.673 bits per heavy atom. The molecule has 2 amide bonds. The van der Waals surface area contributed by atoms with Crippen LogP contribution in [0.4, 0.5) is 0 Å². The number of thiophene rings is 1. The van der Waals surface area contributed by atoms with E-state index in [4.69, 9.17) is 4.74 Å². The highest BCUT2D eigenvalue weighted by Crippen LogP contribution is 2.23. The van der Waals surface area contributed by atoms with Crippen molar-refractivity contribution in [1.82, 2.24) is 10.6 Å². The zero-order chi connectivity index (χ0) is 38.6. The molecule has 4 aromatic carbocycles. The first-order chi connectivity index (χ1) is 26.7. The predicted molar refractivity (Wildman–Crippen MR) is 212 cm³/mol. The van der Waals surface area contributed by atoms with Gasteiger partial charge in [-0.25, -0.2) is 0 Å². The van der Waals surface area contributed by atoms with Crippen LogP contribution >= 0.6 is 11.3 Å². The number of nitrogens with one attached hydrogen (secondary N) is 2. The van der Waals surface area contributed by atoms with Crippen LogP contribution in [-0.2, 0) is 49.7 Å². The maximum Gasteiger partial charge on any atom is 0.307 e. The van der Waals surface area contributed by atoms with E-state index in [0.29, 0.717) is 24.2 Å². The average Bonchev–Trinajstić information content (AvgIpc) is 3.72. The summed E-state index contributed by atoms with van der Waals surface area (Å²) in [5.74, 6) is -4.27. The number of hydrogen-bond donors (Lipinski definition) is 3. The lowest BCUT2D eigenvalue weighted by Crippen LogP contribution is -2.54. The molecule has 4 atom stereocenters. The highest BCUT2D eigenvalue weighted by molar-refractivity contribution is 7.09. The van der Waals surface area contributed by atoms with E-state index in [1.54, 1.807) is 24.3 Å². The maximum absolute atomic E-state index is 14.4. The topological polar surface area (TPSA) is 139 Å². The van der Waals surface area contributed by atoms with Gasteiger partial charge in [0.05, 0.1) is 12.0 Å². The summed E-state index contributed by atoms with van der Waals surface area (Å²) >= 11 is 1.48. The Hall–Kier alpha value is -5.87. The number of ketones is 2. The first-order valence-electron chi connectivity index (χ1n) is 18.5. The molecule has 2 aliphatic rings. The summed E-state index contributed by atoms with van der Waals surface area (Å²) in [7, 11) is 0. The number of ether oxygens (including phenoxy) is 1. The van der Waals surface area contributed by atoms with Gasteiger partial charge in [-0.1, -0.05) is 103 Å². The van der Waals surface area contributed by atoms with Crippen LogP contribution in [0.15, 0.2) is 127 Å². The van der Waals surface area contributed by atoms with Gasteiger partial charge < -0.3 is 20.5 Å². The molecule has 5 aromatic rings. The molecule has 55 heavy (non-hydrogen) atoms. The normalized spacial score (nSPS) is 20.0. The van der Waals surface area contributed by atoms with Gasteiger partial charge in [0.2, 0.25) is 11.8 Å². The maximum atomic E-state index is 14.4. The fourth-order valence-corrected chi connectivity index (χ4v) is 7.59. The zero-order valence-electron chi connectivity index (χ0n) is 30.4. The van der Waals surface area contributed by atoms with Gasteiger partial charge in [-0.15, -0.1) is 11.3 Å². The van der Waals surface area contributed by atoms with E-state index in [1.807, 2.05) is 102 Å². The van der Waals surface area contributed by atoms with Gasteiger partial charge in [0.15, 0.2) is 11.6 Å². The second-order valence-electron chi connectivity index (χ2n) is 14.0. The highest BCUT2D eigenvalue weighted by atomic mass is 32.1. The number of carbonyl (C=O) groups is 5. The molecule has 7 rings (SSSR count). The van der Waals surface area contributed by atoms with Gasteiger partial charge >= 0.3 is 5.97 Å². The Labute approximate surface area is 324 Å². The van der Waals surface area contributed by atoms with Crippen molar-refractivity contribution in [3.63, 3.8) is 0 Å². The molecule has 10 heteroatoms. The van der Waals surface area contributed by atoms with Crippen LogP contribution in [0, 0.1) is 11.8 Å². The summed E-state index contributed by atoms with van der Waals surface area (Å²) in [4.78, 5) is 69.2. The number of carboxylic acid groups (broad SMARTS) is 1. The minimum atomic E-state index is -1.13. The summed E-state index contributed by atoms with van der Waals surface area (Å²) < 4.78 is 5.77. The SMILES string of the molecule is O=C1COc2ccc(cc2)C[C@H](C(=O)O)CC(=O)[C@@H](CCc2ccccc2)NC(=O)[C@H](Cc2ccc(-c3ccccc3)cc2)NC(=O)[C@@H](Cc2cccs2)C1. The molecular weight excluding hydrogens is 713 g/mol. The Morgan fingerprint density at radius 3 is 2.02 bits per heavy atom. The number of benzene rings is 4. The number of rotatable bonds is 9. The van der Waals surface area contributed by atoms with Crippen molar-refractivity contribution in [2.45, 2.75) is 57.0 Å². The van der Waals surface area contributed by atoms with Crippen LogP contribution in [0.5, 0.6) is 5.75 Å². The Kier molecular flexibility index (Phi) is 13.4. The van der Waals surface area contributed by atoms with Gasteiger partial charge in [0.1, 0.15) is 18.4 Å². The van der Waals surface area contributed by atoms with Crippen molar-refractivity contribution in [2.75, 3.05) is 6.61 Å². The molecule has 0 aliphatic carbocycles. The van der Waals surface area contributed by atoms with Crippen molar-refractivity contribution in [2.24, 2.45) is 11.8 Å². The van der Waals surface area contributed by atoms with Crippen LogP contribution in [0.1, 0.15) is 40.8 Å².